The first-order valence-corrected chi connectivity index (χ1v) is 10.0. The van der Waals surface area contributed by atoms with Gasteiger partial charge in [-0.15, -0.1) is 0 Å². The number of aromatic nitrogens is 2. The molecule has 0 radical (unpaired) electrons. The van der Waals surface area contributed by atoms with Gasteiger partial charge in [0.2, 0.25) is 5.91 Å². The van der Waals surface area contributed by atoms with Crippen LogP contribution >= 0.6 is 0 Å². The first kappa shape index (κ1) is 19.8. The number of rotatable bonds is 5. The van der Waals surface area contributed by atoms with Crippen LogP contribution in [0.15, 0.2) is 66.9 Å². The van der Waals surface area contributed by atoms with E-state index in [9.17, 15) is 9.59 Å². The van der Waals surface area contributed by atoms with Crippen LogP contribution in [0.25, 0.3) is 16.9 Å². The lowest BCUT2D eigenvalue weighted by molar-refractivity contribution is -0.136. The second-order valence-electron chi connectivity index (χ2n) is 7.18. The van der Waals surface area contributed by atoms with Gasteiger partial charge in [-0.1, -0.05) is 36.4 Å². The number of hydrogen-bond donors (Lipinski definition) is 1. The number of hydrogen-bond acceptors (Lipinski definition) is 4. The van der Waals surface area contributed by atoms with Crippen LogP contribution in [0.1, 0.15) is 17.3 Å². The molecule has 7 nitrogen and oxygen atoms in total. The van der Waals surface area contributed by atoms with Gasteiger partial charge in [0.15, 0.2) is 0 Å². The summed E-state index contributed by atoms with van der Waals surface area (Å²) >= 11 is 0. The van der Waals surface area contributed by atoms with Crippen molar-refractivity contribution in [2.75, 3.05) is 26.3 Å². The minimum atomic E-state index is -0.608. The number of carbonyl (C=O) groups excluding carboxylic acids is 2. The first-order valence-electron chi connectivity index (χ1n) is 10.0. The molecule has 1 saturated heterocycles. The van der Waals surface area contributed by atoms with Gasteiger partial charge in [-0.2, -0.15) is 5.10 Å². The van der Waals surface area contributed by atoms with Crippen LogP contribution in [0.5, 0.6) is 0 Å². The predicted molar refractivity (Wildman–Crippen MR) is 113 cm³/mol. The van der Waals surface area contributed by atoms with Crippen LogP contribution in [-0.2, 0) is 9.53 Å². The molecule has 1 aliphatic heterocycles. The van der Waals surface area contributed by atoms with Crippen molar-refractivity contribution in [3.8, 4) is 16.9 Å². The average molecular weight is 404 g/mol. The van der Waals surface area contributed by atoms with Crippen molar-refractivity contribution in [3.05, 3.63) is 72.4 Å². The fourth-order valence-electron chi connectivity index (χ4n) is 3.51. The zero-order chi connectivity index (χ0) is 20.9. The Balaban J connectivity index is 1.51. The summed E-state index contributed by atoms with van der Waals surface area (Å²) in [4.78, 5) is 27.1. The number of nitrogens with zero attached hydrogens (tertiary/aromatic N) is 3. The van der Waals surface area contributed by atoms with E-state index in [4.69, 9.17) is 4.74 Å². The Labute approximate surface area is 175 Å². The van der Waals surface area contributed by atoms with Crippen LogP contribution in [0.4, 0.5) is 0 Å². The van der Waals surface area contributed by atoms with E-state index in [2.05, 4.69) is 10.4 Å². The van der Waals surface area contributed by atoms with Crippen molar-refractivity contribution in [2.24, 2.45) is 0 Å². The Kier molecular flexibility index (Phi) is 5.90. The Morgan fingerprint density at radius 2 is 1.80 bits per heavy atom. The molecule has 1 aliphatic rings. The van der Waals surface area contributed by atoms with Crippen molar-refractivity contribution < 1.29 is 14.3 Å². The van der Waals surface area contributed by atoms with E-state index in [0.29, 0.717) is 31.9 Å². The molecular weight excluding hydrogens is 380 g/mol. The molecule has 2 amide bonds. The quantitative estimate of drug-likeness (QED) is 0.709. The van der Waals surface area contributed by atoms with Crippen molar-refractivity contribution in [3.63, 3.8) is 0 Å². The van der Waals surface area contributed by atoms with E-state index in [1.807, 2.05) is 48.5 Å². The minimum Gasteiger partial charge on any atom is -0.378 e. The molecule has 0 bridgehead atoms. The molecule has 1 aromatic heterocycles. The molecule has 0 spiro atoms. The van der Waals surface area contributed by atoms with Gasteiger partial charge in [-0.05, 0) is 31.2 Å². The topological polar surface area (TPSA) is 76.5 Å². The maximum atomic E-state index is 12.8. The van der Waals surface area contributed by atoms with Crippen LogP contribution in [0.3, 0.4) is 0 Å². The van der Waals surface area contributed by atoms with E-state index in [0.717, 1.165) is 16.9 Å². The van der Waals surface area contributed by atoms with Gasteiger partial charge < -0.3 is 15.0 Å². The largest absolute Gasteiger partial charge is 0.378 e. The van der Waals surface area contributed by atoms with Crippen LogP contribution in [0, 0.1) is 0 Å². The SMILES string of the molecule is C[C@@H](NC(=O)c1cccc(-n2nccc2-c2ccccc2)c1)C(=O)N1CCOCC1. The Hall–Kier alpha value is -3.45. The summed E-state index contributed by atoms with van der Waals surface area (Å²) in [5, 5.41) is 7.24. The molecule has 0 unspecified atom stereocenters. The van der Waals surface area contributed by atoms with Gasteiger partial charge in [0.25, 0.3) is 5.91 Å². The molecule has 2 heterocycles. The molecule has 0 aliphatic carbocycles. The Morgan fingerprint density at radius 3 is 2.57 bits per heavy atom. The van der Waals surface area contributed by atoms with Crippen molar-refractivity contribution in [1.29, 1.82) is 0 Å². The Bertz CT molecular complexity index is 1030. The zero-order valence-corrected chi connectivity index (χ0v) is 16.8. The number of amides is 2. The summed E-state index contributed by atoms with van der Waals surface area (Å²) in [6.45, 7) is 3.87. The highest BCUT2D eigenvalue weighted by molar-refractivity contribution is 5.97. The normalized spacial score (nSPS) is 14.9. The molecule has 0 saturated carbocycles. The van der Waals surface area contributed by atoms with Crippen LogP contribution in [-0.4, -0.2) is 58.8 Å². The summed E-state index contributed by atoms with van der Waals surface area (Å²) in [6, 6.07) is 18.5. The van der Waals surface area contributed by atoms with Crippen LogP contribution < -0.4 is 5.32 Å². The summed E-state index contributed by atoms with van der Waals surface area (Å²) in [6.07, 6.45) is 1.73. The molecule has 30 heavy (non-hydrogen) atoms. The van der Waals surface area contributed by atoms with Gasteiger partial charge in [0, 0.05) is 24.2 Å². The fourth-order valence-corrected chi connectivity index (χ4v) is 3.51. The molecule has 2 aromatic carbocycles. The van der Waals surface area contributed by atoms with E-state index < -0.39 is 6.04 Å². The van der Waals surface area contributed by atoms with E-state index >= 15 is 0 Å². The highest BCUT2D eigenvalue weighted by Crippen LogP contribution is 2.22. The number of morpholine rings is 1. The van der Waals surface area contributed by atoms with Crippen LogP contribution in [0.2, 0.25) is 0 Å². The second-order valence-corrected chi connectivity index (χ2v) is 7.18. The third-order valence-corrected chi connectivity index (χ3v) is 5.11. The standard InChI is InChI=1S/C23H24N4O3/c1-17(23(29)26-12-14-30-15-13-26)25-22(28)19-8-5-9-20(16-19)27-21(10-11-24-27)18-6-3-2-4-7-18/h2-11,16-17H,12-15H2,1H3,(H,25,28)/t17-/m1/s1. The number of nitrogens with one attached hydrogen (secondary N) is 1. The van der Waals surface area contributed by atoms with Gasteiger partial charge in [-0.3, -0.25) is 9.59 Å². The lowest BCUT2D eigenvalue weighted by atomic mass is 10.1. The predicted octanol–water partition coefficient (Wildman–Crippen LogP) is 2.52. The molecule has 4 rings (SSSR count). The summed E-state index contributed by atoms with van der Waals surface area (Å²) in [7, 11) is 0. The van der Waals surface area contributed by atoms with Crippen molar-refractivity contribution >= 4 is 11.8 Å². The number of carbonyl (C=O) groups is 2. The summed E-state index contributed by atoms with van der Waals surface area (Å²) in [5.74, 6) is -0.388. The average Bonchev–Trinajstić information content (AvgIpc) is 3.30. The van der Waals surface area contributed by atoms with Gasteiger partial charge in [0.05, 0.1) is 30.8 Å². The van der Waals surface area contributed by atoms with Crippen molar-refractivity contribution in [2.45, 2.75) is 13.0 Å². The smallest absolute Gasteiger partial charge is 0.251 e. The lowest BCUT2D eigenvalue weighted by Gasteiger charge is -2.29. The number of ether oxygens (including phenoxy) is 1. The van der Waals surface area contributed by atoms with Gasteiger partial charge in [0.1, 0.15) is 6.04 Å². The fraction of sp³-hybridized carbons (Fsp3) is 0.261. The molecule has 1 N–H and O–H groups in total. The summed E-state index contributed by atoms with van der Waals surface area (Å²) < 4.78 is 7.08. The van der Waals surface area contributed by atoms with Gasteiger partial charge >= 0.3 is 0 Å². The lowest BCUT2D eigenvalue weighted by Crippen LogP contribution is -2.50. The minimum absolute atomic E-state index is 0.0961. The monoisotopic (exact) mass is 404 g/mol. The number of benzene rings is 2. The van der Waals surface area contributed by atoms with E-state index in [-0.39, 0.29) is 11.8 Å². The van der Waals surface area contributed by atoms with E-state index in [1.54, 1.807) is 34.8 Å². The maximum Gasteiger partial charge on any atom is 0.251 e. The van der Waals surface area contributed by atoms with Gasteiger partial charge in [-0.25, -0.2) is 4.68 Å². The maximum absolute atomic E-state index is 12.8. The molecular formula is C23H24N4O3. The molecule has 3 aromatic rings. The first-order chi connectivity index (χ1) is 14.6. The molecule has 1 fully saturated rings. The van der Waals surface area contributed by atoms with E-state index in [1.165, 1.54) is 0 Å². The molecule has 154 valence electrons. The third-order valence-electron chi connectivity index (χ3n) is 5.11. The zero-order valence-electron chi connectivity index (χ0n) is 16.8. The summed E-state index contributed by atoms with van der Waals surface area (Å²) in [5.41, 5.74) is 3.22. The highest BCUT2D eigenvalue weighted by Gasteiger charge is 2.24. The third kappa shape index (κ3) is 4.26. The van der Waals surface area contributed by atoms with Crippen molar-refractivity contribution in [1.82, 2.24) is 20.0 Å². The Morgan fingerprint density at radius 1 is 1.03 bits per heavy atom. The second kappa shape index (κ2) is 8.92. The molecule has 1 atom stereocenters. The highest BCUT2D eigenvalue weighted by atomic mass is 16.5. The molecule has 7 heteroatoms.